The minimum atomic E-state index is 0.540. The molecule has 0 aliphatic heterocycles. The second-order valence-corrected chi connectivity index (χ2v) is 2.89. The first kappa shape index (κ1) is 9.71. The minimum Gasteiger partial charge on any atom is -0.398 e. The number of aldehydes is 1. The Bertz CT molecular complexity index is 321. The largest absolute Gasteiger partial charge is 0.398 e. The molecule has 1 aromatic rings. The van der Waals surface area contributed by atoms with E-state index in [-0.39, 0.29) is 0 Å². The highest BCUT2D eigenvalue weighted by atomic mass is 16.1. The fourth-order valence-corrected chi connectivity index (χ4v) is 1.28. The van der Waals surface area contributed by atoms with E-state index < -0.39 is 0 Å². The third-order valence-corrected chi connectivity index (χ3v) is 2.04. The van der Waals surface area contributed by atoms with Crippen molar-refractivity contribution in [3.8, 4) is 0 Å². The van der Waals surface area contributed by atoms with Gasteiger partial charge in [-0.3, -0.25) is 9.78 Å². The highest BCUT2D eigenvalue weighted by molar-refractivity contribution is 5.84. The Kier molecular flexibility index (Phi) is 3.01. The molecule has 0 radical (unpaired) electrons. The number of nitrogens with zero attached hydrogens (tertiary/aromatic N) is 1. The molecule has 1 heterocycles. The summed E-state index contributed by atoms with van der Waals surface area (Å²) in [6.45, 7) is 3.98. The van der Waals surface area contributed by atoms with Crippen LogP contribution in [0.2, 0.25) is 0 Å². The highest BCUT2D eigenvalue weighted by Crippen LogP contribution is 2.15. The van der Waals surface area contributed by atoms with E-state index in [4.69, 9.17) is 5.73 Å². The van der Waals surface area contributed by atoms with E-state index in [0.29, 0.717) is 11.3 Å². The number of hydrogen-bond acceptors (Lipinski definition) is 3. The number of carbonyl (C=O) groups excluding carboxylic acids is 1. The van der Waals surface area contributed by atoms with E-state index in [1.807, 2.05) is 13.8 Å². The number of nitrogen functional groups attached to an aromatic ring is 1. The molecule has 3 heteroatoms. The van der Waals surface area contributed by atoms with E-state index in [1.165, 1.54) is 0 Å². The van der Waals surface area contributed by atoms with Gasteiger partial charge in [-0.2, -0.15) is 0 Å². The third-order valence-electron chi connectivity index (χ3n) is 2.04. The Morgan fingerprint density at radius 3 is 2.62 bits per heavy atom. The first-order valence-corrected chi connectivity index (χ1v) is 4.46. The van der Waals surface area contributed by atoms with Crippen molar-refractivity contribution in [2.24, 2.45) is 0 Å². The smallest absolute Gasteiger partial charge is 0.153 e. The van der Waals surface area contributed by atoms with E-state index in [2.05, 4.69) is 4.98 Å². The van der Waals surface area contributed by atoms with Crippen molar-refractivity contribution in [1.82, 2.24) is 4.98 Å². The molecule has 0 amide bonds. The van der Waals surface area contributed by atoms with Crippen molar-refractivity contribution in [3.05, 3.63) is 23.0 Å². The van der Waals surface area contributed by atoms with Crippen LogP contribution in [-0.2, 0) is 12.8 Å². The quantitative estimate of drug-likeness (QED) is 0.715. The number of rotatable bonds is 3. The number of carbonyl (C=O) groups is 1. The fourth-order valence-electron chi connectivity index (χ4n) is 1.28. The van der Waals surface area contributed by atoms with Gasteiger partial charge in [-0.05, 0) is 18.9 Å². The molecule has 0 fully saturated rings. The molecule has 0 aliphatic carbocycles. The summed E-state index contributed by atoms with van der Waals surface area (Å²) in [5.74, 6) is 0. The Labute approximate surface area is 78.0 Å². The predicted octanol–water partition coefficient (Wildman–Crippen LogP) is 1.60. The van der Waals surface area contributed by atoms with Gasteiger partial charge in [-0.1, -0.05) is 13.8 Å². The number of anilines is 1. The lowest BCUT2D eigenvalue weighted by Crippen LogP contribution is -2.04. The molecule has 0 spiro atoms. The van der Waals surface area contributed by atoms with E-state index >= 15 is 0 Å². The van der Waals surface area contributed by atoms with Crippen molar-refractivity contribution in [1.29, 1.82) is 0 Å². The van der Waals surface area contributed by atoms with Crippen LogP contribution >= 0.6 is 0 Å². The topological polar surface area (TPSA) is 56.0 Å². The summed E-state index contributed by atoms with van der Waals surface area (Å²) in [6, 6.07) is 1.77. The van der Waals surface area contributed by atoms with Gasteiger partial charge in [0, 0.05) is 11.4 Å². The van der Waals surface area contributed by atoms with Crippen LogP contribution in [0.3, 0.4) is 0 Å². The van der Waals surface area contributed by atoms with Crippen LogP contribution in [0, 0.1) is 0 Å². The van der Waals surface area contributed by atoms with Crippen LogP contribution in [0.5, 0.6) is 0 Å². The Balaban J connectivity index is 3.28. The van der Waals surface area contributed by atoms with Gasteiger partial charge in [-0.15, -0.1) is 0 Å². The van der Waals surface area contributed by atoms with Crippen molar-refractivity contribution in [2.75, 3.05) is 5.73 Å². The molecule has 0 unspecified atom stereocenters. The van der Waals surface area contributed by atoms with E-state index in [0.717, 1.165) is 30.5 Å². The minimum absolute atomic E-state index is 0.540. The Morgan fingerprint density at radius 2 is 2.15 bits per heavy atom. The first-order valence-electron chi connectivity index (χ1n) is 4.46. The molecule has 1 aromatic heterocycles. The lowest BCUT2D eigenvalue weighted by Gasteiger charge is -2.06. The lowest BCUT2D eigenvalue weighted by molar-refractivity contribution is 0.112. The maximum atomic E-state index is 10.7. The number of nitrogens with two attached hydrogens (primary N) is 1. The molecular formula is C10H14N2O. The number of pyridine rings is 1. The van der Waals surface area contributed by atoms with Crippen molar-refractivity contribution >= 4 is 12.0 Å². The van der Waals surface area contributed by atoms with Crippen molar-refractivity contribution < 1.29 is 4.79 Å². The van der Waals surface area contributed by atoms with Crippen LogP contribution in [0.1, 0.15) is 35.6 Å². The summed E-state index contributed by atoms with van der Waals surface area (Å²) in [4.78, 5) is 15.0. The van der Waals surface area contributed by atoms with Crippen LogP contribution < -0.4 is 5.73 Å². The SMILES string of the molecule is CCc1cc(N)c(C=O)c(CC)n1. The van der Waals surface area contributed by atoms with Gasteiger partial charge < -0.3 is 5.73 Å². The van der Waals surface area contributed by atoms with Gasteiger partial charge in [0.05, 0.1) is 11.3 Å². The zero-order valence-electron chi connectivity index (χ0n) is 8.00. The summed E-state index contributed by atoms with van der Waals surface area (Å²) in [7, 11) is 0. The van der Waals surface area contributed by atoms with Crippen molar-refractivity contribution in [3.63, 3.8) is 0 Å². The highest BCUT2D eigenvalue weighted by Gasteiger charge is 2.07. The van der Waals surface area contributed by atoms with Gasteiger partial charge >= 0.3 is 0 Å². The number of aryl methyl sites for hydroxylation is 2. The van der Waals surface area contributed by atoms with Crippen LogP contribution in [0.15, 0.2) is 6.07 Å². The summed E-state index contributed by atoms with van der Waals surface area (Å²) in [5, 5.41) is 0. The second kappa shape index (κ2) is 4.03. The standard InChI is InChI=1S/C10H14N2O/c1-3-7-5-9(11)8(6-13)10(4-2)12-7/h5-6H,3-4H2,1-2H3,(H2,11,12). The molecule has 0 bridgehead atoms. The van der Waals surface area contributed by atoms with Gasteiger partial charge in [0.25, 0.3) is 0 Å². The summed E-state index contributed by atoms with van der Waals surface area (Å²) < 4.78 is 0. The monoisotopic (exact) mass is 178 g/mol. The maximum Gasteiger partial charge on any atom is 0.153 e. The first-order chi connectivity index (χ1) is 6.22. The van der Waals surface area contributed by atoms with Crippen molar-refractivity contribution in [2.45, 2.75) is 26.7 Å². The Morgan fingerprint density at radius 1 is 1.46 bits per heavy atom. The van der Waals surface area contributed by atoms with Crippen LogP contribution in [0.25, 0.3) is 0 Å². The maximum absolute atomic E-state index is 10.7. The van der Waals surface area contributed by atoms with Gasteiger partial charge in [0.15, 0.2) is 6.29 Å². The molecule has 1 rings (SSSR count). The molecule has 2 N–H and O–H groups in total. The Hall–Kier alpha value is -1.38. The van der Waals surface area contributed by atoms with Gasteiger partial charge in [0.1, 0.15) is 0 Å². The molecule has 13 heavy (non-hydrogen) atoms. The molecule has 0 atom stereocenters. The third kappa shape index (κ3) is 1.86. The molecule has 70 valence electrons. The average molecular weight is 178 g/mol. The zero-order chi connectivity index (χ0) is 9.84. The van der Waals surface area contributed by atoms with Gasteiger partial charge in [-0.25, -0.2) is 0 Å². The zero-order valence-corrected chi connectivity index (χ0v) is 8.00. The molecule has 0 saturated carbocycles. The molecule has 0 aliphatic rings. The lowest BCUT2D eigenvalue weighted by atomic mass is 10.1. The number of aromatic nitrogens is 1. The van der Waals surface area contributed by atoms with Crippen LogP contribution in [-0.4, -0.2) is 11.3 Å². The summed E-state index contributed by atoms with van der Waals surface area (Å²) in [5.41, 5.74) is 8.54. The molecular weight excluding hydrogens is 164 g/mol. The molecule has 0 saturated heterocycles. The molecule has 0 aromatic carbocycles. The normalized spacial score (nSPS) is 10.0. The number of hydrogen-bond donors (Lipinski definition) is 1. The summed E-state index contributed by atoms with van der Waals surface area (Å²) >= 11 is 0. The van der Waals surface area contributed by atoms with E-state index in [1.54, 1.807) is 6.07 Å². The fraction of sp³-hybridized carbons (Fsp3) is 0.400. The van der Waals surface area contributed by atoms with E-state index in [9.17, 15) is 4.79 Å². The second-order valence-electron chi connectivity index (χ2n) is 2.89. The predicted molar refractivity (Wildman–Crippen MR) is 52.8 cm³/mol. The summed E-state index contributed by atoms with van der Waals surface area (Å²) in [6.07, 6.45) is 2.36. The average Bonchev–Trinajstić information content (AvgIpc) is 2.16. The van der Waals surface area contributed by atoms with Crippen LogP contribution in [0.4, 0.5) is 5.69 Å². The molecule has 3 nitrogen and oxygen atoms in total. The van der Waals surface area contributed by atoms with Gasteiger partial charge in [0.2, 0.25) is 0 Å².